The molecule has 0 spiro atoms. The molecule has 0 rings (SSSR count). The van der Waals surface area contributed by atoms with Gasteiger partial charge in [0.2, 0.25) is 0 Å². The third-order valence-corrected chi connectivity index (χ3v) is 2.58. The van der Waals surface area contributed by atoms with Crippen LogP contribution < -0.4 is 0 Å². The number of halogens is 6. The summed E-state index contributed by atoms with van der Waals surface area (Å²) in [6.45, 7) is 0.414. The molecule has 0 aromatic heterocycles. The van der Waals surface area contributed by atoms with Crippen LogP contribution in [0.15, 0.2) is 0 Å². The lowest BCUT2D eigenvalue weighted by Crippen LogP contribution is -2.54. The van der Waals surface area contributed by atoms with Gasteiger partial charge in [-0.3, -0.25) is 0 Å². The second kappa shape index (κ2) is 4.81. The number of hydrogen-bond donors (Lipinski definition) is 0. The second-order valence-corrected chi connectivity index (χ2v) is 3.92. The standard InChI is InChI=1S/C9H14F6O/c1-4-6(16-5-10)8(11,12)7(2,3)9(13,14)15/h6H,4-5H2,1-3H3. The lowest BCUT2D eigenvalue weighted by molar-refractivity contribution is -0.314. The van der Waals surface area contributed by atoms with Crippen molar-refractivity contribution in [3.63, 3.8) is 0 Å². The van der Waals surface area contributed by atoms with Gasteiger partial charge in [-0.15, -0.1) is 0 Å². The van der Waals surface area contributed by atoms with E-state index in [2.05, 4.69) is 4.74 Å². The minimum atomic E-state index is -5.09. The third-order valence-electron chi connectivity index (χ3n) is 2.58. The zero-order valence-electron chi connectivity index (χ0n) is 9.17. The Morgan fingerprint density at radius 1 is 1.06 bits per heavy atom. The van der Waals surface area contributed by atoms with Crippen LogP contribution >= 0.6 is 0 Å². The van der Waals surface area contributed by atoms with Gasteiger partial charge >= 0.3 is 6.18 Å². The average Bonchev–Trinajstić information content (AvgIpc) is 2.11. The highest BCUT2D eigenvalue weighted by Crippen LogP contribution is 2.51. The summed E-state index contributed by atoms with van der Waals surface area (Å²) in [6.07, 6.45) is -7.59. The van der Waals surface area contributed by atoms with Gasteiger partial charge in [-0.25, -0.2) is 13.2 Å². The van der Waals surface area contributed by atoms with Crippen LogP contribution in [-0.2, 0) is 4.74 Å². The first-order valence-electron chi connectivity index (χ1n) is 4.64. The van der Waals surface area contributed by atoms with E-state index in [1.807, 2.05) is 0 Å². The molecule has 98 valence electrons. The van der Waals surface area contributed by atoms with Crippen molar-refractivity contribution in [2.24, 2.45) is 5.41 Å². The van der Waals surface area contributed by atoms with Crippen LogP contribution in [0.5, 0.6) is 0 Å². The zero-order chi connectivity index (χ0) is 13.2. The van der Waals surface area contributed by atoms with Gasteiger partial charge < -0.3 is 4.74 Å². The molecule has 16 heavy (non-hydrogen) atoms. The molecule has 0 aliphatic carbocycles. The quantitative estimate of drug-likeness (QED) is 0.673. The molecule has 0 aromatic rings. The van der Waals surface area contributed by atoms with E-state index in [0.29, 0.717) is 13.8 Å². The van der Waals surface area contributed by atoms with Crippen molar-refractivity contribution in [3.8, 4) is 0 Å². The normalized spacial score (nSPS) is 16.3. The summed E-state index contributed by atoms with van der Waals surface area (Å²) < 4.78 is 80.2. The first kappa shape index (κ1) is 15.5. The molecule has 1 nitrogen and oxygen atoms in total. The van der Waals surface area contributed by atoms with E-state index in [4.69, 9.17) is 0 Å². The van der Waals surface area contributed by atoms with E-state index >= 15 is 0 Å². The predicted molar refractivity (Wildman–Crippen MR) is 45.9 cm³/mol. The SMILES string of the molecule is CCC(OCF)C(F)(F)C(C)(C)C(F)(F)F. The fourth-order valence-corrected chi connectivity index (χ4v) is 1.15. The highest BCUT2D eigenvalue weighted by molar-refractivity contribution is 4.96. The van der Waals surface area contributed by atoms with Gasteiger partial charge in [0, 0.05) is 0 Å². The minimum absolute atomic E-state index is 0.372. The van der Waals surface area contributed by atoms with Crippen molar-refractivity contribution in [2.75, 3.05) is 6.86 Å². The maximum absolute atomic E-state index is 13.5. The maximum Gasteiger partial charge on any atom is 0.399 e. The van der Waals surface area contributed by atoms with Crippen molar-refractivity contribution in [1.82, 2.24) is 0 Å². The van der Waals surface area contributed by atoms with E-state index in [1.165, 1.54) is 6.92 Å². The molecule has 1 atom stereocenters. The monoisotopic (exact) mass is 252 g/mol. The smallest absolute Gasteiger partial charge is 0.341 e. The van der Waals surface area contributed by atoms with Gasteiger partial charge in [0.1, 0.15) is 11.5 Å². The Hall–Kier alpha value is -0.460. The molecule has 0 aromatic carbocycles. The van der Waals surface area contributed by atoms with Crippen LogP contribution in [0.2, 0.25) is 0 Å². The first-order chi connectivity index (χ1) is 7.02. The number of ether oxygens (including phenoxy) is 1. The van der Waals surface area contributed by atoms with Gasteiger partial charge in [0.25, 0.3) is 5.92 Å². The molecule has 0 amide bonds. The highest BCUT2D eigenvalue weighted by atomic mass is 19.4. The van der Waals surface area contributed by atoms with Gasteiger partial charge in [-0.2, -0.15) is 13.2 Å². The predicted octanol–water partition coefficient (Wildman–Crippen LogP) is 3.93. The molecular weight excluding hydrogens is 238 g/mol. The molecule has 0 aliphatic rings. The van der Waals surface area contributed by atoms with E-state index in [9.17, 15) is 26.3 Å². The summed E-state index contributed by atoms with van der Waals surface area (Å²) in [5.41, 5.74) is -3.27. The Kier molecular flexibility index (Phi) is 4.67. The number of alkyl halides is 6. The Balaban J connectivity index is 5.15. The maximum atomic E-state index is 13.5. The molecule has 0 heterocycles. The van der Waals surface area contributed by atoms with E-state index in [1.54, 1.807) is 0 Å². The van der Waals surface area contributed by atoms with Gasteiger partial charge in [-0.05, 0) is 20.3 Å². The van der Waals surface area contributed by atoms with Crippen LogP contribution in [0, 0.1) is 5.41 Å². The van der Waals surface area contributed by atoms with E-state index in [-0.39, 0.29) is 0 Å². The molecule has 0 saturated carbocycles. The Morgan fingerprint density at radius 2 is 1.50 bits per heavy atom. The van der Waals surface area contributed by atoms with Crippen molar-refractivity contribution in [2.45, 2.75) is 45.4 Å². The van der Waals surface area contributed by atoms with E-state index in [0.717, 1.165) is 0 Å². The van der Waals surface area contributed by atoms with Crippen molar-refractivity contribution in [3.05, 3.63) is 0 Å². The van der Waals surface area contributed by atoms with Gasteiger partial charge in [-0.1, -0.05) is 6.92 Å². The van der Waals surface area contributed by atoms with Gasteiger partial charge in [0.05, 0.1) is 0 Å². The third kappa shape index (κ3) is 2.61. The summed E-state index contributed by atoms with van der Waals surface area (Å²) in [6, 6.07) is 0. The molecule has 0 N–H and O–H groups in total. The summed E-state index contributed by atoms with van der Waals surface area (Å²) >= 11 is 0. The van der Waals surface area contributed by atoms with Crippen LogP contribution in [0.3, 0.4) is 0 Å². The minimum Gasteiger partial charge on any atom is -0.341 e. The van der Waals surface area contributed by atoms with Crippen LogP contribution in [0.25, 0.3) is 0 Å². The van der Waals surface area contributed by atoms with Crippen LogP contribution in [0.1, 0.15) is 27.2 Å². The molecule has 0 fully saturated rings. The Bertz CT molecular complexity index is 223. The summed E-state index contributed by atoms with van der Waals surface area (Å²) in [5, 5.41) is 0. The zero-order valence-corrected chi connectivity index (χ0v) is 9.17. The second-order valence-electron chi connectivity index (χ2n) is 3.92. The molecular formula is C9H14F6O. The Labute approximate surface area is 89.8 Å². The topological polar surface area (TPSA) is 9.23 Å². The van der Waals surface area contributed by atoms with Crippen molar-refractivity contribution < 1.29 is 31.1 Å². The van der Waals surface area contributed by atoms with E-state index < -0.39 is 36.9 Å². The largest absolute Gasteiger partial charge is 0.399 e. The molecule has 0 aliphatic heterocycles. The van der Waals surface area contributed by atoms with Crippen LogP contribution in [-0.4, -0.2) is 25.1 Å². The fraction of sp³-hybridized carbons (Fsp3) is 1.00. The number of hydrogen-bond acceptors (Lipinski definition) is 1. The number of rotatable bonds is 5. The molecule has 7 heteroatoms. The average molecular weight is 252 g/mol. The van der Waals surface area contributed by atoms with Crippen LogP contribution in [0.4, 0.5) is 26.3 Å². The summed E-state index contributed by atoms with van der Waals surface area (Å²) in [7, 11) is 0. The molecule has 0 saturated heterocycles. The molecule has 0 bridgehead atoms. The molecule has 0 radical (unpaired) electrons. The summed E-state index contributed by atoms with van der Waals surface area (Å²) in [4.78, 5) is 0. The van der Waals surface area contributed by atoms with Crippen molar-refractivity contribution >= 4 is 0 Å². The fourth-order valence-electron chi connectivity index (χ4n) is 1.15. The lowest BCUT2D eigenvalue weighted by atomic mass is 9.81. The first-order valence-corrected chi connectivity index (χ1v) is 4.64. The lowest BCUT2D eigenvalue weighted by Gasteiger charge is -2.39. The molecule has 1 unspecified atom stereocenters. The van der Waals surface area contributed by atoms with Gasteiger partial charge in [0.15, 0.2) is 6.86 Å². The van der Waals surface area contributed by atoms with Crippen molar-refractivity contribution in [1.29, 1.82) is 0 Å². The Morgan fingerprint density at radius 3 is 1.75 bits per heavy atom. The highest BCUT2D eigenvalue weighted by Gasteiger charge is 2.66. The summed E-state index contributed by atoms with van der Waals surface area (Å²) in [5.74, 6) is -4.19.